The van der Waals surface area contributed by atoms with Crippen LogP contribution in [0.3, 0.4) is 0 Å². The zero-order valence-electron chi connectivity index (χ0n) is 26.8. The van der Waals surface area contributed by atoms with Crippen LogP contribution in [-0.4, -0.2) is 16.0 Å². The predicted molar refractivity (Wildman–Crippen MR) is 195 cm³/mol. The van der Waals surface area contributed by atoms with E-state index in [1.54, 1.807) is 11.1 Å². The zero-order valence-corrected chi connectivity index (χ0v) is 26.8. The number of H-pyrrole nitrogens is 1. The molecule has 48 heavy (non-hydrogen) atoms. The van der Waals surface area contributed by atoms with Crippen LogP contribution in [0.1, 0.15) is 42.6 Å². The number of carbonyl (C=O) groups excluding carboxylic acids is 1. The lowest BCUT2D eigenvalue weighted by Gasteiger charge is -2.27. The van der Waals surface area contributed by atoms with Crippen LogP contribution < -0.4 is 16.2 Å². The fraction of sp³-hybridized carbons (Fsp3) is 0.125. The lowest BCUT2D eigenvalue weighted by Crippen LogP contribution is -2.39. The Morgan fingerprint density at radius 1 is 0.792 bits per heavy atom. The topological polar surface area (TPSA) is 119 Å². The lowest BCUT2D eigenvalue weighted by molar-refractivity contribution is 0.0951. The predicted octanol–water partition coefficient (Wildman–Crippen LogP) is 10.1. The van der Waals surface area contributed by atoms with Crippen molar-refractivity contribution in [3.05, 3.63) is 139 Å². The first kappa shape index (κ1) is 30.7. The molecule has 1 amide bonds. The van der Waals surface area contributed by atoms with Crippen molar-refractivity contribution in [2.75, 3.05) is 5.01 Å². The van der Waals surface area contributed by atoms with E-state index in [2.05, 4.69) is 40.6 Å². The van der Waals surface area contributed by atoms with Gasteiger partial charge >= 0.3 is 0 Å². The molecule has 0 saturated heterocycles. The van der Waals surface area contributed by atoms with Gasteiger partial charge in [0, 0.05) is 27.2 Å². The molecule has 0 aliphatic heterocycles. The van der Waals surface area contributed by atoms with E-state index in [-0.39, 0.29) is 17.0 Å². The summed E-state index contributed by atoms with van der Waals surface area (Å²) in [6.07, 6.45) is 1.62. The van der Waals surface area contributed by atoms with Crippen LogP contribution in [0, 0.1) is 0 Å². The molecule has 238 valence electrons. The quantitative estimate of drug-likeness (QED) is 0.0935. The molecule has 0 aliphatic rings. The molecule has 7 rings (SSSR count). The summed E-state index contributed by atoms with van der Waals surface area (Å²) in [5, 5.41) is 26.2. The molecule has 0 saturated carbocycles. The molecular weight excluding hydrogens is 596 g/mol. The van der Waals surface area contributed by atoms with Crippen LogP contribution in [0.2, 0.25) is 0 Å². The number of nitrogens with two attached hydrogens (primary N) is 1. The van der Waals surface area contributed by atoms with E-state index >= 15 is 0 Å². The molecule has 0 unspecified atom stereocenters. The Morgan fingerprint density at radius 2 is 1.42 bits per heavy atom. The minimum Gasteiger partial charge on any atom is -0.505 e. The second-order valence-electron chi connectivity index (χ2n) is 11.9. The second kappa shape index (κ2) is 12.7. The van der Waals surface area contributed by atoms with Crippen LogP contribution >= 0.6 is 0 Å². The van der Waals surface area contributed by atoms with Gasteiger partial charge in [0.25, 0.3) is 5.91 Å². The number of carbonyl (C=O) groups is 1. The number of hydrazine groups is 1. The summed E-state index contributed by atoms with van der Waals surface area (Å²) in [6, 6.07) is 40.4. The van der Waals surface area contributed by atoms with Crippen molar-refractivity contribution in [3.8, 4) is 5.75 Å². The first-order valence-corrected chi connectivity index (χ1v) is 16.1. The number of hydrogen-bond acceptors (Lipinski definition) is 6. The van der Waals surface area contributed by atoms with Gasteiger partial charge in [-0.1, -0.05) is 92.7 Å². The Morgan fingerprint density at radius 3 is 2.06 bits per heavy atom. The Bertz CT molecular complexity index is 2240. The number of aromatic amines is 1. The molecule has 0 radical (unpaired) electrons. The molecule has 6 aromatic carbocycles. The monoisotopic (exact) mass is 632 g/mol. The highest BCUT2D eigenvalue weighted by molar-refractivity contribution is 6.22. The van der Waals surface area contributed by atoms with E-state index < -0.39 is 11.4 Å². The SMILES string of the molecule is CCC(N)(CC)c1ccc(N=Nc2c(O)c(C(=O)NN(c3ccccc3)c3ccccc3)cc3ccc4c5ccccc5[nH]c4c23)cc1. The average Bonchev–Trinajstić information content (AvgIpc) is 3.52. The third-order valence-electron chi connectivity index (χ3n) is 9.19. The number of hydrogen-bond donors (Lipinski definition) is 4. The van der Waals surface area contributed by atoms with Gasteiger partial charge in [-0.2, -0.15) is 5.11 Å². The number of azo groups is 1. The second-order valence-corrected chi connectivity index (χ2v) is 11.9. The van der Waals surface area contributed by atoms with Crippen LogP contribution in [0.4, 0.5) is 22.7 Å². The summed E-state index contributed by atoms with van der Waals surface area (Å²) in [5.41, 5.74) is 14.4. The van der Waals surface area contributed by atoms with Crippen LogP contribution in [0.15, 0.2) is 138 Å². The van der Waals surface area contributed by atoms with Crippen LogP contribution in [0.5, 0.6) is 5.75 Å². The average molecular weight is 633 g/mol. The van der Waals surface area contributed by atoms with Gasteiger partial charge in [0.05, 0.1) is 28.1 Å². The number of amides is 1. The van der Waals surface area contributed by atoms with Gasteiger partial charge in [-0.15, -0.1) is 5.11 Å². The van der Waals surface area contributed by atoms with E-state index in [4.69, 9.17) is 5.73 Å². The molecule has 7 aromatic rings. The number of fused-ring (bicyclic) bond motifs is 5. The summed E-state index contributed by atoms with van der Waals surface area (Å²) in [5.74, 6) is -0.774. The minimum absolute atomic E-state index is 0.0675. The summed E-state index contributed by atoms with van der Waals surface area (Å²) >= 11 is 0. The molecule has 0 bridgehead atoms. The van der Waals surface area contributed by atoms with E-state index in [1.165, 1.54) is 0 Å². The van der Waals surface area contributed by atoms with Crippen molar-refractivity contribution < 1.29 is 9.90 Å². The van der Waals surface area contributed by atoms with Crippen molar-refractivity contribution in [1.82, 2.24) is 10.4 Å². The highest BCUT2D eigenvalue weighted by Gasteiger charge is 2.24. The van der Waals surface area contributed by atoms with Gasteiger partial charge in [0.1, 0.15) is 5.69 Å². The molecule has 8 heteroatoms. The lowest BCUT2D eigenvalue weighted by atomic mass is 9.86. The van der Waals surface area contributed by atoms with Gasteiger partial charge in [-0.05, 0) is 72.3 Å². The van der Waals surface area contributed by atoms with E-state index in [0.717, 1.165) is 57.0 Å². The Balaban J connectivity index is 1.36. The van der Waals surface area contributed by atoms with Crippen LogP contribution in [-0.2, 0) is 5.54 Å². The zero-order chi connectivity index (χ0) is 33.3. The molecule has 0 spiro atoms. The van der Waals surface area contributed by atoms with Gasteiger partial charge in [0.2, 0.25) is 0 Å². The maximum absolute atomic E-state index is 14.1. The molecular formula is C40H36N6O2. The summed E-state index contributed by atoms with van der Waals surface area (Å²) in [6.45, 7) is 4.16. The fourth-order valence-electron chi connectivity index (χ4n) is 6.27. The molecule has 8 nitrogen and oxygen atoms in total. The number of anilines is 2. The smallest absolute Gasteiger partial charge is 0.273 e. The summed E-state index contributed by atoms with van der Waals surface area (Å²) in [7, 11) is 0. The van der Waals surface area contributed by atoms with E-state index in [1.807, 2.05) is 115 Å². The van der Waals surface area contributed by atoms with Gasteiger partial charge in [-0.3, -0.25) is 15.2 Å². The summed E-state index contributed by atoms with van der Waals surface area (Å²) < 4.78 is 0. The maximum atomic E-state index is 14.1. The summed E-state index contributed by atoms with van der Waals surface area (Å²) in [4.78, 5) is 17.6. The van der Waals surface area contributed by atoms with Gasteiger partial charge in [-0.25, -0.2) is 0 Å². The van der Waals surface area contributed by atoms with Crippen molar-refractivity contribution in [1.29, 1.82) is 0 Å². The van der Waals surface area contributed by atoms with Gasteiger partial charge in [0.15, 0.2) is 5.75 Å². The Kier molecular flexibility index (Phi) is 8.08. The molecule has 0 fully saturated rings. The number of aromatic nitrogens is 1. The number of phenolic OH excluding ortho intramolecular Hbond substituents is 1. The largest absolute Gasteiger partial charge is 0.505 e. The van der Waals surface area contributed by atoms with Gasteiger partial charge < -0.3 is 15.8 Å². The number of benzene rings is 6. The number of phenols is 1. The minimum atomic E-state index is -0.502. The molecule has 0 aliphatic carbocycles. The van der Waals surface area contributed by atoms with Crippen molar-refractivity contribution in [3.63, 3.8) is 0 Å². The highest BCUT2D eigenvalue weighted by Crippen LogP contribution is 2.44. The van der Waals surface area contributed by atoms with Crippen molar-refractivity contribution in [2.45, 2.75) is 32.2 Å². The van der Waals surface area contributed by atoms with E-state index in [9.17, 15) is 9.90 Å². The first-order valence-electron chi connectivity index (χ1n) is 16.1. The molecule has 0 atom stereocenters. The normalized spacial score (nSPS) is 11.9. The van der Waals surface area contributed by atoms with Crippen molar-refractivity contribution in [2.24, 2.45) is 16.0 Å². The number of nitrogens with zero attached hydrogens (tertiary/aromatic N) is 3. The number of para-hydroxylation sites is 3. The molecule has 5 N–H and O–H groups in total. The fourth-order valence-corrected chi connectivity index (χ4v) is 6.27. The number of aromatic hydroxyl groups is 1. The van der Waals surface area contributed by atoms with E-state index in [0.29, 0.717) is 11.1 Å². The molecule has 1 aromatic heterocycles. The van der Waals surface area contributed by atoms with Crippen LogP contribution in [0.25, 0.3) is 32.6 Å². The highest BCUT2D eigenvalue weighted by atomic mass is 16.3. The Hall–Kier alpha value is -5.99. The molecule has 1 heterocycles. The maximum Gasteiger partial charge on any atom is 0.273 e. The standard InChI is InChI=1S/C40H36N6O2/c1-3-40(41,4-2)27-20-22-28(23-21-27)43-44-37-35-26(19-24-32-31-17-11-12-18-34(31)42-36(32)35)25-33(38(37)47)39(48)45-46(29-13-7-5-8-14-29)30-15-9-6-10-16-30/h5-25,42,47H,3-4,41H2,1-2H3,(H,45,48). The third-order valence-corrected chi connectivity index (χ3v) is 9.19. The number of nitrogens with one attached hydrogen (secondary N) is 2. The van der Waals surface area contributed by atoms with Crippen molar-refractivity contribution >= 4 is 61.2 Å². The third kappa shape index (κ3) is 5.52. The first-order chi connectivity index (χ1) is 23.4. The number of rotatable bonds is 9. The Labute approximate surface area is 278 Å².